The number of para-hydroxylation sites is 1. The summed E-state index contributed by atoms with van der Waals surface area (Å²) in [6.45, 7) is 1.78. The van der Waals surface area contributed by atoms with Crippen molar-refractivity contribution in [2.45, 2.75) is 12.8 Å². The predicted octanol–water partition coefficient (Wildman–Crippen LogP) is 4.14. The second-order valence-corrected chi connectivity index (χ2v) is 7.63. The number of hydrogen-bond donors (Lipinski definition) is 1. The third-order valence-electron chi connectivity index (χ3n) is 4.76. The molecule has 0 radical (unpaired) electrons. The normalized spacial score (nSPS) is 18.2. The van der Waals surface area contributed by atoms with E-state index in [9.17, 15) is 14.9 Å². The lowest BCUT2D eigenvalue weighted by Gasteiger charge is -2.30. The van der Waals surface area contributed by atoms with Crippen molar-refractivity contribution in [3.63, 3.8) is 0 Å². The number of rotatable bonds is 6. The molecule has 0 fully saturated rings. The van der Waals surface area contributed by atoms with Gasteiger partial charge in [-0.25, -0.2) is 4.99 Å². The number of nitriles is 1. The Morgan fingerprint density at radius 2 is 1.77 bits per heavy atom. The summed E-state index contributed by atoms with van der Waals surface area (Å²) in [5.41, 5.74) is 2.47. The van der Waals surface area contributed by atoms with Crippen LogP contribution in [0.15, 0.2) is 76.3 Å². The van der Waals surface area contributed by atoms with Gasteiger partial charge in [0, 0.05) is 17.3 Å². The zero-order valence-electron chi connectivity index (χ0n) is 16.7. The average molecular weight is 420 g/mol. The van der Waals surface area contributed by atoms with E-state index in [1.807, 2.05) is 60.7 Å². The molecule has 1 unspecified atom stereocenters. The number of methoxy groups -OCH3 is 1. The van der Waals surface area contributed by atoms with Crippen LogP contribution in [0.3, 0.4) is 0 Å². The monoisotopic (exact) mass is 419 g/mol. The van der Waals surface area contributed by atoms with Gasteiger partial charge >= 0.3 is 5.97 Å². The fraction of sp³-hybridized carbons (Fsp3) is 0.217. The predicted molar refractivity (Wildman–Crippen MR) is 118 cm³/mol. The Kier molecular flexibility index (Phi) is 7.04. The summed E-state index contributed by atoms with van der Waals surface area (Å²) >= 11 is 1.15. The molecule has 152 valence electrons. The minimum absolute atomic E-state index is 0.0379. The molecule has 1 aliphatic heterocycles. The van der Waals surface area contributed by atoms with Crippen molar-refractivity contribution in [1.29, 1.82) is 5.26 Å². The molecule has 2 atom stereocenters. The standard InChI is InChI=1S/C23H21N3O3S/c1-15-20(22(28)26-17-11-7-4-8-12-17)21(16-9-5-3-6-10-16)18(13-24)23(25-15)30-14-19(27)29-2/h3-12,20-21H,14H2,1-2H3,(H,26,28)/t20?,21-/m0/s1. The van der Waals surface area contributed by atoms with Crippen LogP contribution in [0.4, 0.5) is 5.69 Å². The Labute approximate surface area is 179 Å². The maximum Gasteiger partial charge on any atom is 0.316 e. The van der Waals surface area contributed by atoms with Crippen LogP contribution in [0.1, 0.15) is 18.4 Å². The van der Waals surface area contributed by atoms with Crippen LogP contribution >= 0.6 is 11.8 Å². The van der Waals surface area contributed by atoms with Gasteiger partial charge in [-0.3, -0.25) is 9.59 Å². The molecule has 0 saturated heterocycles. The molecule has 0 saturated carbocycles. The molecule has 0 spiro atoms. The van der Waals surface area contributed by atoms with Crippen molar-refractivity contribution in [3.05, 3.63) is 76.8 Å². The number of esters is 1. The molecule has 3 rings (SSSR count). The number of carbonyl (C=O) groups is 2. The highest BCUT2D eigenvalue weighted by molar-refractivity contribution is 8.03. The number of carbonyl (C=O) groups excluding carboxylic acids is 2. The number of hydrogen-bond acceptors (Lipinski definition) is 6. The second kappa shape index (κ2) is 9.90. The number of benzene rings is 2. The maximum atomic E-state index is 13.2. The van der Waals surface area contributed by atoms with Gasteiger partial charge in [0.25, 0.3) is 0 Å². The largest absolute Gasteiger partial charge is 0.468 e. The van der Waals surface area contributed by atoms with E-state index in [-0.39, 0.29) is 11.7 Å². The minimum Gasteiger partial charge on any atom is -0.468 e. The molecule has 0 bridgehead atoms. The quantitative estimate of drug-likeness (QED) is 0.711. The average Bonchev–Trinajstić information content (AvgIpc) is 2.78. The Bertz CT molecular complexity index is 1030. The first kappa shape index (κ1) is 21.3. The highest BCUT2D eigenvalue weighted by atomic mass is 32.2. The fourth-order valence-electron chi connectivity index (χ4n) is 3.35. The molecular formula is C23H21N3O3S. The van der Waals surface area contributed by atoms with Gasteiger partial charge in [-0.2, -0.15) is 5.26 Å². The van der Waals surface area contributed by atoms with Gasteiger partial charge in [0.1, 0.15) is 5.03 Å². The number of nitrogens with one attached hydrogen (secondary N) is 1. The van der Waals surface area contributed by atoms with Crippen molar-refractivity contribution in [3.8, 4) is 6.07 Å². The lowest BCUT2D eigenvalue weighted by atomic mass is 9.77. The number of thioether (sulfide) groups is 1. The van der Waals surface area contributed by atoms with Gasteiger partial charge in [0.15, 0.2) is 0 Å². The molecule has 1 amide bonds. The molecule has 7 heteroatoms. The van der Waals surface area contributed by atoms with Gasteiger partial charge in [0.05, 0.1) is 30.4 Å². The third-order valence-corrected chi connectivity index (χ3v) is 5.72. The van der Waals surface area contributed by atoms with Crippen LogP contribution in [0.5, 0.6) is 0 Å². The van der Waals surface area contributed by atoms with E-state index in [1.165, 1.54) is 7.11 Å². The van der Waals surface area contributed by atoms with E-state index in [0.29, 0.717) is 22.0 Å². The van der Waals surface area contributed by atoms with Gasteiger partial charge < -0.3 is 10.1 Å². The molecular weight excluding hydrogens is 398 g/mol. The summed E-state index contributed by atoms with van der Waals surface area (Å²) in [5.74, 6) is -1.75. The van der Waals surface area contributed by atoms with E-state index < -0.39 is 17.8 Å². The van der Waals surface area contributed by atoms with Crippen molar-refractivity contribution in [1.82, 2.24) is 0 Å². The molecule has 1 N–H and O–H groups in total. The summed E-state index contributed by atoms with van der Waals surface area (Å²) in [4.78, 5) is 29.4. The fourth-order valence-corrected chi connectivity index (χ4v) is 4.26. The summed E-state index contributed by atoms with van der Waals surface area (Å²) < 4.78 is 4.70. The third kappa shape index (κ3) is 4.78. The topological polar surface area (TPSA) is 91.5 Å². The molecule has 1 heterocycles. The zero-order valence-corrected chi connectivity index (χ0v) is 17.5. The van der Waals surface area contributed by atoms with Crippen LogP contribution in [-0.2, 0) is 14.3 Å². The van der Waals surface area contributed by atoms with Crippen LogP contribution in [0.2, 0.25) is 0 Å². The summed E-state index contributed by atoms with van der Waals surface area (Å²) in [7, 11) is 1.31. The highest BCUT2D eigenvalue weighted by Gasteiger charge is 2.39. The second-order valence-electron chi connectivity index (χ2n) is 6.67. The van der Waals surface area contributed by atoms with Gasteiger partial charge in [0.2, 0.25) is 5.91 Å². The number of nitrogens with zero attached hydrogens (tertiary/aromatic N) is 2. The first-order valence-electron chi connectivity index (χ1n) is 9.35. The Morgan fingerprint density at radius 1 is 1.13 bits per heavy atom. The number of ether oxygens (including phenoxy) is 1. The van der Waals surface area contributed by atoms with Gasteiger partial charge in [-0.1, -0.05) is 60.3 Å². The number of anilines is 1. The van der Waals surface area contributed by atoms with Crippen molar-refractivity contribution < 1.29 is 14.3 Å². The van der Waals surface area contributed by atoms with Crippen molar-refractivity contribution in [2.75, 3.05) is 18.2 Å². The SMILES string of the molecule is COC(=O)CSC1=C(C#N)[C@H](c2ccccc2)C(C(=O)Nc2ccccc2)C(C)=N1. The molecule has 0 aliphatic carbocycles. The summed E-state index contributed by atoms with van der Waals surface area (Å²) in [6.07, 6.45) is 0. The van der Waals surface area contributed by atoms with E-state index in [0.717, 1.165) is 17.3 Å². The molecule has 0 aromatic heterocycles. The minimum atomic E-state index is -0.648. The van der Waals surface area contributed by atoms with E-state index in [4.69, 9.17) is 4.74 Å². The Balaban J connectivity index is 2.01. The van der Waals surface area contributed by atoms with E-state index >= 15 is 0 Å². The van der Waals surface area contributed by atoms with Crippen LogP contribution in [-0.4, -0.2) is 30.5 Å². The zero-order chi connectivity index (χ0) is 21.5. The van der Waals surface area contributed by atoms with Crippen molar-refractivity contribution >= 4 is 35.0 Å². The first-order chi connectivity index (χ1) is 14.5. The van der Waals surface area contributed by atoms with Crippen LogP contribution < -0.4 is 5.32 Å². The Morgan fingerprint density at radius 3 is 2.37 bits per heavy atom. The lowest BCUT2D eigenvalue weighted by molar-refractivity contribution is -0.137. The number of amides is 1. The van der Waals surface area contributed by atoms with E-state index in [1.54, 1.807) is 6.92 Å². The number of allylic oxidation sites excluding steroid dienone is 1. The van der Waals surface area contributed by atoms with Gasteiger partial charge in [-0.05, 0) is 24.6 Å². The summed E-state index contributed by atoms with van der Waals surface area (Å²) in [5, 5.41) is 13.3. The molecule has 6 nitrogen and oxygen atoms in total. The molecule has 30 heavy (non-hydrogen) atoms. The summed E-state index contributed by atoms with van der Waals surface area (Å²) in [6, 6.07) is 20.8. The highest BCUT2D eigenvalue weighted by Crippen LogP contribution is 2.42. The lowest BCUT2D eigenvalue weighted by Crippen LogP contribution is -2.36. The Hall–Kier alpha value is -3.37. The molecule has 2 aromatic rings. The number of aliphatic imine (C=N–C) groups is 1. The van der Waals surface area contributed by atoms with Crippen LogP contribution in [0, 0.1) is 17.2 Å². The van der Waals surface area contributed by atoms with E-state index in [2.05, 4.69) is 16.4 Å². The first-order valence-corrected chi connectivity index (χ1v) is 10.3. The smallest absolute Gasteiger partial charge is 0.316 e. The maximum absolute atomic E-state index is 13.2. The van der Waals surface area contributed by atoms with Crippen LogP contribution in [0.25, 0.3) is 0 Å². The van der Waals surface area contributed by atoms with Crippen molar-refractivity contribution in [2.24, 2.45) is 10.9 Å². The molecule has 2 aromatic carbocycles. The van der Waals surface area contributed by atoms with Gasteiger partial charge in [-0.15, -0.1) is 0 Å². The molecule has 1 aliphatic rings.